The van der Waals surface area contributed by atoms with Gasteiger partial charge >= 0.3 is 0 Å². The number of hydrogen-bond donors (Lipinski definition) is 3. The Hall–Kier alpha value is -1.16. The van der Waals surface area contributed by atoms with Gasteiger partial charge in [-0.1, -0.05) is 0 Å². The maximum absolute atomic E-state index is 13.3. The Morgan fingerprint density at radius 1 is 1.29 bits per heavy atom. The minimum absolute atomic E-state index is 0.158. The lowest BCUT2D eigenvalue weighted by Crippen LogP contribution is -2.69. The molecule has 0 aromatic rings. The molecule has 0 aromatic heterocycles. The van der Waals surface area contributed by atoms with Gasteiger partial charge in [-0.05, 0) is 56.7 Å². The minimum atomic E-state index is -1.44. The van der Waals surface area contributed by atoms with E-state index in [9.17, 15) is 20.3 Å². The Morgan fingerprint density at radius 3 is 2.54 bits per heavy atom. The first-order chi connectivity index (χ1) is 12.0. The van der Waals surface area contributed by atoms with Crippen LogP contribution in [0.25, 0.3) is 0 Å². The van der Waals surface area contributed by atoms with E-state index in [2.05, 4.69) is 6.07 Å². The van der Waals surface area contributed by atoms with Gasteiger partial charge in [0, 0.05) is 20.6 Å². The molecule has 6 atom stereocenters. The summed E-state index contributed by atoms with van der Waals surface area (Å²) in [5.41, 5.74) is 3.85. The molecule has 6 heteroatoms. The smallest absolute Gasteiger partial charge is 0.241 e. The van der Waals surface area contributed by atoms with Gasteiger partial charge < -0.3 is 20.8 Å². The lowest BCUT2D eigenvalue weighted by molar-refractivity contribution is -0.234. The number of fused-ring (bicyclic) bond motifs is 1. The quantitative estimate of drug-likeness (QED) is 0.628. The van der Waals surface area contributed by atoms with E-state index in [4.69, 9.17) is 8.48 Å². The van der Waals surface area contributed by atoms with Gasteiger partial charge in [0.2, 0.25) is 5.91 Å². The molecule has 1 saturated heterocycles. The summed E-state index contributed by atoms with van der Waals surface area (Å²) >= 11 is 0. The Bertz CT molecular complexity index is 720. The van der Waals surface area contributed by atoms with Crippen LogP contribution in [0.15, 0.2) is 0 Å². The number of nitrogens with two attached hydrogens (primary N) is 1. The van der Waals surface area contributed by atoms with Crippen LogP contribution in [0.3, 0.4) is 0 Å². The predicted molar refractivity (Wildman–Crippen MR) is 84.3 cm³/mol. The summed E-state index contributed by atoms with van der Waals surface area (Å²) in [6.45, 7) is 0. The molecule has 1 amide bonds. The summed E-state index contributed by atoms with van der Waals surface area (Å²) in [7, 11) is 0. The van der Waals surface area contributed by atoms with Crippen molar-refractivity contribution < 1.29 is 17.7 Å². The Morgan fingerprint density at radius 2 is 1.96 bits per heavy atom. The van der Waals surface area contributed by atoms with Crippen molar-refractivity contribution in [2.24, 2.45) is 23.0 Å². The first kappa shape index (κ1) is 13.1. The Balaban J connectivity index is 1.46. The van der Waals surface area contributed by atoms with Crippen LogP contribution in [0.1, 0.15) is 54.1 Å². The van der Waals surface area contributed by atoms with E-state index >= 15 is 0 Å². The first-order valence-electron chi connectivity index (χ1n) is 9.95. The summed E-state index contributed by atoms with van der Waals surface area (Å²) < 4.78 is 16.0. The monoisotopic (exact) mass is 334 g/mol. The first-order valence-corrected chi connectivity index (χ1v) is 8.95. The van der Waals surface area contributed by atoms with E-state index in [1.807, 2.05) is 0 Å². The third-order valence-electron chi connectivity index (χ3n) is 7.15. The number of carbonyl (C=O) groups excluding carboxylic acids is 1. The van der Waals surface area contributed by atoms with Gasteiger partial charge in [-0.15, -0.1) is 0 Å². The molecule has 130 valence electrons. The summed E-state index contributed by atoms with van der Waals surface area (Å²) in [6, 6.07) is 0.00381. The van der Waals surface area contributed by atoms with Crippen molar-refractivity contribution in [1.82, 2.24) is 4.90 Å². The molecule has 0 radical (unpaired) electrons. The van der Waals surface area contributed by atoms with Gasteiger partial charge in [0.1, 0.15) is 6.04 Å². The van der Waals surface area contributed by atoms with E-state index < -0.39 is 41.1 Å². The molecule has 1 heterocycles. The van der Waals surface area contributed by atoms with Crippen LogP contribution in [0.5, 0.6) is 0 Å². The molecule has 6 rings (SSSR count). The van der Waals surface area contributed by atoms with Crippen LogP contribution in [-0.4, -0.2) is 50.3 Å². The van der Waals surface area contributed by atoms with Gasteiger partial charge in [0.25, 0.3) is 0 Å². The predicted octanol–water partition coefficient (Wildman–Crippen LogP) is 0.273. The lowest BCUT2D eigenvalue weighted by atomic mass is 9.44. The van der Waals surface area contributed by atoms with Gasteiger partial charge in [-0.2, -0.15) is 5.26 Å². The van der Waals surface area contributed by atoms with Crippen molar-refractivity contribution in [3.05, 3.63) is 0 Å². The molecule has 6 aliphatic rings. The topological polar surface area (TPSA) is 111 Å². The molecule has 6 nitrogen and oxygen atoms in total. The maximum atomic E-state index is 13.3. The number of aliphatic hydroxyl groups is 2. The van der Waals surface area contributed by atoms with Crippen molar-refractivity contribution in [3.8, 4) is 6.07 Å². The van der Waals surface area contributed by atoms with Gasteiger partial charge in [0.05, 0.1) is 23.3 Å². The molecule has 5 aliphatic carbocycles. The van der Waals surface area contributed by atoms with Crippen LogP contribution >= 0.6 is 0 Å². The molecule has 6 fully saturated rings. The highest BCUT2D eigenvalue weighted by atomic mass is 16.3. The van der Waals surface area contributed by atoms with E-state index in [-0.39, 0.29) is 17.7 Å². The van der Waals surface area contributed by atoms with E-state index in [0.29, 0.717) is 44.9 Å². The highest BCUT2D eigenvalue weighted by Crippen LogP contribution is 2.64. The van der Waals surface area contributed by atoms with Crippen LogP contribution < -0.4 is 5.73 Å². The molecule has 0 spiro atoms. The highest BCUT2D eigenvalue weighted by molar-refractivity contribution is 5.84. The standard InChI is InChI=1S/C18H25N3O3/c19-6-12-1-11-2-13(11)21(12)15(22)14(20)16-3-10-4-17(23,7-16)9-18(24,5-10)8-16/h10-14,23-24H,1-5,7-9,20H2/t10?,11-,12+,13+,14-,16?,17?,18?/m1/s1/i2D2,19+1. The number of likely N-dealkylation sites (tertiary alicyclic amines) is 1. The molecule has 4 N–H and O–H groups in total. The largest absolute Gasteiger partial charge is 0.390 e. The second-order valence-electron chi connectivity index (χ2n) is 9.14. The van der Waals surface area contributed by atoms with Gasteiger partial charge in [-0.3, -0.25) is 4.79 Å². The Labute approximate surface area is 144 Å². The summed E-state index contributed by atoms with van der Waals surface area (Å²) in [5.74, 6) is -0.516. The fourth-order valence-corrected chi connectivity index (χ4v) is 6.77. The Kier molecular flexibility index (Phi) is 2.36. The fourth-order valence-electron chi connectivity index (χ4n) is 6.77. The molecule has 1 aliphatic heterocycles. The number of amides is 1. The van der Waals surface area contributed by atoms with Crippen molar-refractivity contribution in [2.75, 3.05) is 0 Å². The van der Waals surface area contributed by atoms with Crippen LogP contribution in [0, 0.1) is 28.6 Å². The molecule has 4 bridgehead atoms. The van der Waals surface area contributed by atoms with Crippen molar-refractivity contribution in [1.29, 1.82) is 5.26 Å². The molecule has 5 saturated carbocycles. The third-order valence-corrected chi connectivity index (χ3v) is 7.15. The van der Waals surface area contributed by atoms with Crippen LogP contribution in [0.2, 0.25) is 0 Å². The average Bonchev–Trinajstić information content (AvgIpc) is 2.88. The van der Waals surface area contributed by atoms with E-state index in [1.54, 1.807) is 0 Å². The molecule has 0 aromatic carbocycles. The minimum Gasteiger partial charge on any atom is -0.390 e. The van der Waals surface area contributed by atoms with Crippen molar-refractivity contribution >= 4 is 5.91 Å². The normalized spacial score (nSPS) is 58.5. The lowest BCUT2D eigenvalue weighted by Gasteiger charge is -2.64. The number of rotatable bonds is 2. The second kappa shape index (κ2) is 4.32. The zero-order chi connectivity index (χ0) is 18.7. The fraction of sp³-hybridized carbons (Fsp3) is 0.889. The summed E-state index contributed by atoms with van der Waals surface area (Å²) in [5, 5.41) is 31.2. The average molecular weight is 334 g/mol. The van der Waals surface area contributed by atoms with Crippen molar-refractivity contribution in [3.63, 3.8) is 0 Å². The molecular formula is C18H25N3O3. The number of nitrogens with zero attached hydrogens (tertiary/aromatic N) is 2. The summed E-state index contributed by atoms with van der Waals surface area (Å²) in [4.78, 5) is 14.7. The third kappa shape index (κ3) is 1.89. The van der Waals surface area contributed by atoms with E-state index in [0.717, 1.165) is 0 Å². The highest BCUT2D eigenvalue weighted by Gasteiger charge is 2.66. The number of carbonyl (C=O) groups is 1. The van der Waals surface area contributed by atoms with Crippen LogP contribution in [-0.2, 0) is 4.79 Å². The van der Waals surface area contributed by atoms with E-state index in [1.165, 1.54) is 4.90 Å². The molecular weight excluding hydrogens is 307 g/mol. The number of piperidine rings is 1. The van der Waals surface area contributed by atoms with Crippen molar-refractivity contribution in [2.45, 2.75) is 80.6 Å². The molecule has 2 unspecified atom stereocenters. The van der Waals surface area contributed by atoms with Gasteiger partial charge in [0.15, 0.2) is 0 Å². The van der Waals surface area contributed by atoms with Crippen LogP contribution in [0.4, 0.5) is 0 Å². The molecule has 24 heavy (non-hydrogen) atoms. The maximum Gasteiger partial charge on any atom is 0.241 e. The summed E-state index contributed by atoms with van der Waals surface area (Å²) in [6.07, 6.45) is 2.06. The number of hydrogen-bond acceptors (Lipinski definition) is 5. The zero-order valence-electron chi connectivity index (χ0n) is 15.6. The SMILES string of the molecule is [2H]C1([2H])[C@H]2C[C@@H](C#[15N])N(C(=O)[C@@H](N)C34CC5CC(O)(CC(O)(C5)C3)C4)[C@H]21. The zero-order valence-corrected chi connectivity index (χ0v) is 13.6. The van der Waals surface area contributed by atoms with Gasteiger partial charge in [-0.25, -0.2) is 0 Å². The number of nitriles is 1. The second-order valence-corrected chi connectivity index (χ2v) is 9.14.